The molecule has 1 amide bonds. The van der Waals surface area contributed by atoms with Gasteiger partial charge in [-0.15, -0.1) is 0 Å². The zero-order chi connectivity index (χ0) is 22.5. The number of fused-ring (bicyclic) bond motifs is 1. The SMILES string of the molecule is O=C(CC1CCN(S(=O)(=O)c2ccccc2C(F)(F)F)C1)NC12CC3CC4C[C@@H](C1)CC432. The van der Waals surface area contributed by atoms with Crippen molar-refractivity contribution in [2.75, 3.05) is 13.1 Å². The number of rotatable bonds is 5. The van der Waals surface area contributed by atoms with Crippen LogP contribution in [-0.4, -0.2) is 37.3 Å². The summed E-state index contributed by atoms with van der Waals surface area (Å²) in [5.41, 5.74) is -0.860. The van der Waals surface area contributed by atoms with E-state index in [1.165, 1.54) is 31.4 Å². The number of hydrogen-bond acceptors (Lipinski definition) is 3. The summed E-state index contributed by atoms with van der Waals surface area (Å²) < 4.78 is 67.1. The number of carbonyl (C=O) groups excluding carboxylic acids is 1. The lowest BCUT2D eigenvalue weighted by Gasteiger charge is -2.72. The van der Waals surface area contributed by atoms with Gasteiger partial charge in [0.15, 0.2) is 0 Å². The Morgan fingerprint density at radius 3 is 2.62 bits per heavy atom. The largest absolute Gasteiger partial charge is 0.417 e. The Kier molecular flexibility index (Phi) is 4.25. The van der Waals surface area contributed by atoms with Gasteiger partial charge in [-0.05, 0) is 79.7 Å². The molecule has 6 atom stereocenters. The van der Waals surface area contributed by atoms with E-state index in [0.29, 0.717) is 11.8 Å². The predicted molar refractivity (Wildman–Crippen MR) is 110 cm³/mol. The fourth-order valence-electron chi connectivity index (χ4n) is 8.23. The van der Waals surface area contributed by atoms with Gasteiger partial charge < -0.3 is 5.32 Å². The summed E-state index contributed by atoms with van der Waals surface area (Å²) >= 11 is 0. The summed E-state index contributed by atoms with van der Waals surface area (Å²) in [7, 11) is -4.28. The topological polar surface area (TPSA) is 66.5 Å². The number of nitrogens with zero attached hydrogens (tertiary/aromatic N) is 1. The number of halogens is 3. The van der Waals surface area contributed by atoms with Crippen LogP contribution in [0, 0.1) is 29.1 Å². The van der Waals surface area contributed by atoms with Gasteiger partial charge >= 0.3 is 6.18 Å². The first-order valence-corrected chi connectivity index (χ1v) is 13.0. The van der Waals surface area contributed by atoms with E-state index in [0.717, 1.165) is 47.0 Å². The molecular formula is C23H27F3N2O3S. The highest BCUT2D eigenvalue weighted by molar-refractivity contribution is 7.89. The molecular weight excluding hydrogens is 441 g/mol. The Hall–Kier alpha value is -1.61. The van der Waals surface area contributed by atoms with Crippen LogP contribution in [0.4, 0.5) is 13.2 Å². The monoisotopic (exact) mass is 468 g/mol. The van der Waals surface area contributed by atoms with Crippen LogP contribution in [-0.2, 0) is 21.0 Å². The molecule has 1 saturated heterocycles. The van der Waals surface area contributed by atoms with Gasteiger partial charge in [0, 0.05) is 25.0 Å². The maximum atomic E-state index is 13.3. The summed E-state index contributed by atoms with van der Waals surface area (Å²) in [6, 6.07) is 4.29. The van der Waals surface area contributed by atoms with Gasteiger partial charge in [0.25, 0.3) is 0 Å². The van der Waals surface area contributed by atoms with Crippen LogP contribution >= 0.6 is 0 Å². The predicted octanol–water partition coefficient (Wildman–Crippen LogP) is 3.80. The fraction of sp³-hybridized carbons (Fsp3) is 0.696. The second-order valence-corrected chi connectivity index (χ2v) is 12.6. The molecule has 5 nitrogen and oxygen atoms in total. The minimum atomic E-state index is -4.75. The Morgan fingerprint density at radius 1 is 1.12 bits per heavy atom. The average molecular weight is 469 g/mol. The van der Waals surface area contributed by atoms with Gasteiger partial charge in [0.05, 0.1) is 10.5 Å². The van der Waals surface area contributed by atoms with E-state index >= 15 is 0 Å². The van der Waals surface area contributed by atoms with Crippen LogP contribution in [0.3, 0.4) is 0 Å². The number of benzene rings is 1. The second kappa shape index (κ2) is 6.50. The maximum absolute atomic E-state index is 13.3. The summed E-state index contributed by atoms with van der Waals surface area (Å²) in [6.45, 7) is 0.210. The number of hydrogen-bond donors (Lipinski definition) is 1. The molecule has 9 heteroatoms. The molecule has 1 N–H and O–H groups in total. The molecule has 6 rings (SSSR count). The van der Waals surface area contributed by atoms with E-state index in [1.807, 2.05) is 0 Å². The third-order valence-corrected chi connectivity index (χ3v) is 11.2. The normalized spacial score (nSPS) is 40.0. The van der Waals surface area contributed by atoms with E-state index in [2.05, 4.69) is 5.32 Å². The first kappa shape index (κ1) is 21.0. The van der Waals surface area contributed by atoms with Crippen molar-refractivity contribution >= 4 is 15.9 Å². The maximum Gasteiger partial charge on any atom is 0.417 e. The van der Waals surface area contributed by atoms with E-state index in [9.17, 15) is 26.4 Å². The lowest BCUT2D eigenvalue weighted by molar-refractivity contribution is -0.207. The molecule has 0 radical (unpaired) electrons. The van der Waals surface area contributed by atoms with Gasteiger partial charge in [-0.25, -0.2) is 8.42 Å². The van der Waals surface area contributed by atoms with E-state index in [1.54, 1.807) is 0 Å². The number of sulfonamides is 1. The van der Waals surface area contributed by atoms with Crippen LogP contribution in [0.5, 0.6) is 0 Å². The van der Waals surface area contributed by atoms with Crippen LogP contribution in [0.15, 0.2) is 29.2 Å². The molecule has 1 heterocycles. The average Bonchev–Trinajstić information content (AvgIpc) is 3.37. The van der Waals surface area contributed by atoms with Gasteiger partial charge in [-0.3, -0.25) is 4.79 Å². The van der Waals surface area contributed by atoms with Crippen molar-refractivity contribution in [2.24, 2.45) is 29.1 Å². The van der Waals surface area contributed by atoms with Crippen molar-refractivity contribution in [1.82, 2.24) is 9.62 Å². The molecule has 174 valence electrons. The molecule has 1 aromatic rings. The van der Waals surface area contributed by atoms with Crippen LogP contribution < -0.4 is 5.32 Å². The molecule has 5 unspecified atom stereocenters. The first-order chi connectivity index (χ1) is 15.1. The number of amides is 1. The second-order valence-electron chi connectivity index (χ2n) is 10.7. The first-order valence-electron chi connectivity index (χ1n) is 11.5. The standard InChI is InChI=1S/C23H27F3N2O3S/c24-23(25,26)18-3-1-2-4-19(18)32(30,31)28-6-5-14(13-28)8-20(29)27-21-10-15-7-16-9-17(12-21)22(16,21)11-15/h1-4,14-17H,5-13H2,(H,27,29)/t14?,15-,16?,17?,21?,22?/m0/s1. The highest BCUT2D eigenvalue weighted by atomic mass is 32.2. The molecule has 4 aliphatic carbocycles. The zero-order valence-electron chi connectivity index (χ0n) is 17.7. The lowest BCUT2D eigenvalue weighted by Crippen LogP contribution is -2.76. The third kappa shape index (κ3) is 2.67. The van der Waals surface area contributed by atoms with Crippen molar-refractivity contribution in [3.8, 4) is 0 Å². The lowest BCUT2D eigenvalue weighted by atomic mass is 9.35. The van der Waals surface area contributed by atoms with Crippen molar-refractivity contribution in [2.45, 2.75) is 61.6 Å². The van der Waals surface area contributed by atoms with Crippen LogP contribution in [0.1, 0.15) is 50.5 Å². The van der Waals surface area contributed by atoms with Gasteiger partial charge in [0.1, 0.15) is 0 Å². The smallest absolute Gasteiger partial charge is 0.350 e. The minimum absolute atomic E-state index is 0.0315. The Labute approximate surface area is 185 Å². The van der Waals surface area contributed by atoms with Crippen LogP contribution in [0.25, 0.3) is 0 Å². The molecule has 5 fully saturated rings. The zero-order valence-corrected chi connectivity index (χ0v) is 18.5. The van der Waals surface area contributed by atoms with Gasteiger partial charge in [-0.1, -0.05) is 12.1 Å². The van der Waals surface area contributed by atoms with Crippen molar-refractivity contribution in [1.29, 1.82) is 0 Å². The van der Waals surface area contributed by atoms with E-state index in [4.69, 9.17) is 0 Å². The Balaban J connectivity index is 1.12. The Morgan fingerprint density at radius 2 is 1.91 bits per heavy atom. The van der Waals surface area contributed by atoms with Gasteiger partial charge in [0.2, 0.25) is 15.9 Å². The molecule has 5 aliphatic rings. The van der Waals surface area contributed by atoms with E-state index < -0.39 is 26.7 Å². The fourth-order valence-corrected chi connectivity index (χ4v) is 9.97. The summed E-state index contributed by atoms with van der Waals surface area (Å²) in [5.74, 6) is 2.05. The highest BCUT2D eigenvalue weighted by Crippen LogP contribution is 2.82. The number of nitrogens with one attached hydrogen (secondary N) is 1. The summed E-state index contributed by atoms with van der Waals surface area (Å²) in [4.78, 5) is 12.2. The molecule has 0 aromatic heterocycles. The molecule has 4 saturated carbocycles. The van der Waals surface area contributed by atoms with Crippen molar-refractivity contribution in [3.63, 3.8) is 0 Å². The number of alkyl halides is 3. The summed E-state index contributed by atoms with van der Waals surface area (Å²) in [5, 5.41) is 3.36. The van der Waals surface area contributed by atoms with Crippen LogP contribution in [0.2, 0.25) is 0 Å². The van der Waals surface area contributed by atoms with Gasteiger partial charge in [-0.2, -0.15) is 17.5 Å². The van der Waals surface area contributed by atoms with Crippen molar-refractivity contribution < 1.29 is 26.4 Å². The quantitative estimate of drug-likeness (QED) is 0.715. The molecule has 2 bridgehead atoms. The van der Waals surface area contributed by atoms with E-state index in [-0.39, 0.29) is 36.9 Å². The molecule has 1 aromatic carbocycles. The third-order valence-electron chi connectivity index (χ3n) is 9.30. The molecule has 1 spiro atoms. The minimum Gasteiger partial charge on any atom is -0.350 e. The Bertz CT molecular complexity index is 1090. The number of carbonyl (C=O) groups is 1. The highest BCUT2D eigenvalue weighted by Gasteiger charge is 2.80. The molecule has 1 aliphatic heterocycles. The molecule has 32 heavy (non-hydrogen) atoms. The summed E-state index contributed by atoms with van der Waals surface area (Å²) in [6.07, 6.45) is 1.97. The van der Waals surface area contributed by atoms with Crippen molar-refractivity contribution in [3.05, 3.63) is 29.8 Å².